The maximum absolute atomic E-state index is 13.0. The molecule has 2 atom stereocenters. The number of alkyl halides is 3. The Kier molecular flexibility index (Phi) is 7.70. The molecule has 1 aromatic rings. The summed E-state index contributed by atoms with van der Waals surface area (Å²) in [7, 11) is 0. The van der Waals surface area contributed by atoms with Gasteiger partial charge in [-0.2, -0.15) is 13.2 Å². The molecule has 26 heavy (non-hydrogen) atoms. The molecule has 1 aliphatic heterocycles. The minimum Gasteiger partial charge on any atom is -0.476 e. The molecule has 1 amide bonds. The van der Waals surface area contributed by atoms with Crippen molar-refractivity contribution in [1.29, 1.82) is 0 Å². The summed E-state index contributed by atoms with van der Waals surface area (Å²) in [4.78, 5) is 16.1. The van der Waals surface area contributed by atoms with Crippen molar-refractivity contribution in [2.75, 3.05) is 13.2 Å². The monoisotopic (exact) mass is 395 g/mol. The Morgan fingerprint density at radius 1 is 1.42 bits per heavy atom. The fourth-order valence-electron chi connectivity index (χ4n) is 2.68. The van der Waals surface area contributed by atoms with Crippen LogP contribution in [0.5, 0.6) is 5.88 Å². The van der Waals surface area contributed by atoms with E-state index in [-0.39, 0.29) is 31.0 Å². The lowest BCUT2D eigenvalue weighted by Gasteiger charge is -2.32. The van der Waals surface area contributed by atoms with Gasteiger partial charge in [0.15, 0.2) is 0 Å². The van der Waals surface area contributed by atoms with Crippen molar-refractivity contribution in [2.45, 2.75) is 51.9 Å². The zero-order chi connectivity index (χ0) is 18.7. The van der Waals surface area contributed by atoms with Gasteiger partial charge >= 0.3 is 6.18 Å². The molecular weight excluding hydrogens is 371 g/mol. The van der Waals surface area contributed by atoms with Crippen LogP contribution >= 0.6 is 12.4 Å². The van der Waals surface area contributed by atoms with E-state index in [4.69, 9.17) is 4.74 Å². The number of ether oxygens (including phenoxy) is 1. The normalized spacial score (nSPS) is 20.8. The number of rotatable bonds is 5. The van der Waals surface area contributed by atoms with E-state index < -0.39 is 23.0 Å². The van der Waals surface area contributed by atoms with Crippen LogP contribution in [0.4, 0.5) is 13.2 Å². The summed E-state index contributed by atoms with van der Waals surface area (Å²) < 4.78 is 44.2. The molecule has 1 saturated heterocycles. The minimum absolute atomic E-state index is 0. The molecule has 5 nitrogen and oxygen atoms in total. The van der Waals surface area contributed by atoms with Crippen molar-refractivity contribution in [1.82, 2.24) is 15.6 Å². The molecule has 148 valence electrons. The zero-order valence-corrected chi connectivity index (χ0v) is 15.8. The molecule has 1 aliphatic rings. The van der Waals surface area contributed by atoms with Crippen molar-refractivity contribution < 1.29 is 22.7 Å². The van der Waals surface area contributed by atoms with Gasteiger partial charge in [-0.15, -0.1) is 12.4 Å². The fraction of sp³-hybridized carbons (Fsp3) is 0.647. The molecule has 0 bridgehead atoms. The predicted octanol–water partition coefficient (Wildman–Crippen LogP) is 3.18. The van der Waals surface area contributed by atoms with Crippen molar-refractivity contribution in [3.8, 4) is 5.88 Å². The fourth-order valence-corrected chi connectivity index (χ4v) is 2.68. The first-order valence-corrected chi connectivity index (χ1v) is 8.29. The molecule has 2 rings (SSSR count). The molecule has 0 spiro atoms. The van der Waals surface area contributed by atoms with Crippen LogP contribution in [0.3, 0.4) is 0 Å². The first kappa shape index (κ1) is 22.5. The van der Waals surface area contributed by atoms with Crippen molar-refractivity contribution in [3.05, 3.63) is 23.9 Å². The van der Waals surface area contributed by atoms with Crippen LogP contribution in [0.25, 0.3) is 0 Å². The topological polar surface area (TPSA) is 63.2 Å². The third kappa shape index (κ3) is 6.02. The second-order valence-electron chi connectivity index (χ2n) is 7.08. The van der Waals surface area contributed by atoms with Gasteiger partial charge in [-0.1, -0.05) is 0 Å². The van der Waals surface area contributed by atoms with Gasteiger partial charge < -0.3 is 15.4 Å². The summed E-state index contributed by atoms with van der Waals surface area (Å²) in [5, 5.41) is 6.27. The van der Waals surface area contributed by atoms with Crippen LogP contribution in [0.1, 0.15) is 39.2 Å². The minimum atomic E-state index is -4.55. The van der Waals surface area contributed by atoms with Crippen LogP contribution < -0.4 is 15.4 Å². The predicted molar refractivity (Wildman–Crippen MR) is 94.4 cm³/mol. The Labute approximate surface area is 157 Å². The van der Waals surface area contributed by atoms with Crippen LogP contribution in [-0.4, -0.2) is 36.1 Å². The highest BCUT2D eigenvalue weighted by molar-refractivity contribution is 5.85. The largest absolute Gasteiger partial charge is 0.476 e. The smallest absolute Gasteiger partial charge is 0.421 e. The highest BCUT2D eigenvalue weighted by Gasteiger charge is 2.37. The van der Waals surface area contributed by atoms with Crippen LogP contribution in [0.2, 0.25) is 0 Å². The van der Waals surface area contributed by atoms with Gasteiger partial charge in [0.05, 0.1) is 5.41 Å². The van der Waals surface area contributed by atoms with Gasteiger partial charge in [0, 0.05) is 18.3 Å². The van der Waals surface area contributed by atoms with Gasteiger partial charge in [-0.3, -0.25) is 4.79 Å². The van der Waals surface area contributed by atoms with E-state index in [9.17, 15) is 18.0 Å². The molecule has 9 heteroatoms. The van der Waals surface area contributed by atoms with E-state index in [0.717, 1.165) is 25.5 Å². The van der Waals surface area contributed by atoms with E-state index in [1.165, 1.54) is 12.3 Å². The first-order valence-electron chi connectivity index (χ1n) is 8.29. The van der Waals surface area contributed by atoms with E-state index >= 15 is 0 Å². The number of hydrogen-bond donors (Lipinski definition) is 2. The number of pyridine rings is 1. The van der Waals surface area contributed by atoms with Crippen molar-refractivity contribution in [2.24, 2.45) is 5.41 Å². The van der Waals surface area contributed by atoms with E-state index in [0.29, 0.717) is 6.04 Å². The maximum Gasteiger partial charge on any atom is 0.421 e. The molecule has 0 aliphatic carbocycles. The summed E-state index contributed by atoms with van der Waals surface area (Å²) >= 11 is 0. The second kappa shape index (κ2) is 8.90. The summed E-state index contributed by atoms with van der Waals surface area (Å²) in [6, 6.07) is 2.49. The summed E-state index contributed by atoms with van der Waals surface area (Å²) in [5.41, 5.74) is -1.92. The van der Waals surface area contributed by atoms with E-state index in [1.54, 1.807) is 13.8 Å². The number of carbonyl (C=O) groups is 1. The molecule has 1 aromatic heterocycles. The number of nitrogens with one attached hydrogen (secondary N) is 2. The Balaban J connectivity index is 0.00000338. The summed E-state index contributed by atoms with van der Waals surface area (Å²) in [6.45, 7) is 5.96. The second-order valence-corrected chi connectivity index (χ2v) is 7.08. The average molecular weight is 396 g/mol. The Hall–Kier alpha value is -1.54. The summed E-state index contributed by atoms with van der Waals surface area (Å²) in [6.07, 6.45) is -1.68. The lowest BCUT2D eigenvalue weighted by Crippen LogP contribution is -2.51. The number of halogens is 4. The van der Waals surface area contributed by atoms with Gasteiger partial charge in [0.1, 0.15) is 12.2 Å². The molecule has 1 fully saturated rings. The Morgan fingerprint density at radius 2 is 2.12 bits per heavy atom. The van der Waals surface area contributed by atoms with Crippen LogP contribution in [0.15, 0.2) is 18.3 Å². The van der Waals surface area contributed by atoms with Gasteiger partial charge in [-0.05, 0) is 52.3 Å². The summed E-state index contributed by atoms with van der Waals surface area (Å²) in [5.74, 6) is -0.748. The van der Waals surface area contributed by atoms with Crippen LogP contribution in [-0.2, 0) is 11.0 Å². The SMILES string of the molecule is C[C@H]1C[C@@H](NC(=O)C(C)(C)COc2ncccc2C(F)(F)F)CCN1.Cl. The zero-order valence-electron chi connectivity index (χ0n) is 15.0. The Morgan fingerprint density at radius 3 is 2.73 bits per heavy atom. The molecule has 0 aromatic carbocycles. The number of carbonyl (C=O) groups excluding carboxylic acids is 1. The molecule has 0 unspecified atom stereocenters. The number of aromatic nitrogens is 1. The average Bonchev–Trinajstić information content (AvgIpc) is 2.52. The van der Waals surface area contributed by atoms with E-state index in [1.807, 2.05) is 6.92 Å². The standard InChI is InChI=1S/C17H24F3N3O2.ClH/c1-11-9-12(6-8-21-11)23-15(24)16(2,3)10-25-14-13(17(18,19)20)5-4-7-22-14;/h4-5,7,11-12,21H,6,8-10H2,1-3H3,(H,23,24);1H/t11-,12-;/m0./s1. The molecule has 2 N–H and O–H groups in total. The highest BCUT2D eigenvalue weighted by Crippen LogP contribution is 2.35. The molecule has 0 saturated carbocycles. The number of nitrogens with zero attached hydrogens (tertiary/aromatic N) is 1. The van der Waals surface area contributed by atoms with Crippen molar-refractivity contribution in [3.63, 3.8) is 0 Å². The van der Waals surface area contributed by atoms with Gasteiger partial charge in [-0.25, -0.2) is 4.98 Å². The quantitative estimate of drug-likeness (QED) is 0.803. The van der Waals surface area contributed by atoms with Gasteiger partial charge in [0.25, 0.3) is 0 Å². The third-order valence-electron chi connectivity index (χ3n) is 4.22. The number of piperidine rings is 1. The number of amides is 1. The maximum atomic E-state index is 13.0. The molecule has 0 radical (unpaired) electrons. The highest BCUT2D eigenvalue weighted by atomic mass is 35.5. The lowest BCUT2D eigenvalue weighted by atomic mass is 9.91. The first-order chi connectivity index (χ1) is 11.6. The lowest BCUT2D eigenvalue weighted by molar-refractivity contribution is -0.139. The van der Waals surface area contributed by atoms with E-state index in [2.05, 4.69) is 15.6 Å². The molecule has 2 heterocycles. The third-order valence-corrected chi connectivity index (χ3v) is 4.22. The molecular formula is C17H25ClF3N3O2. The van der Waals surface area contributed by atoms with Gasteiger partial charge in [0.2, 0.25) is 11.8 Å². The Bertz CT molecular complexity index is 611. The van der Waals surface area contributed by atoms with Crippen LogP contribution in [0, 0.1) is 5.41 Å². The van der Waals surface area contributed by atoms with Crippen molar-refractivity contribution >= 4 is 18.3 Å². The number of hydrogen-bond acceptors (Lipinski definition) is 4.